The number of rotatable bonds is 2. The maximum atomic E-state index is 6.14. The van der Waals surface area contributed by atoms with Crippen molar-refractivity contribution in [2.24, 2.45) is 0 Å². The number of aromatic nitrogens is 2. The van der Waals surface area contributed by atoms with Gasteiger partial charge < -0.3 is 5.73 Å². The zero-order valence-corrected chi connectivity index (χ0v) is 12.5. The molecule has 94 valence electrons. The van der Waals surface area contributed by atoms with Crippen LogP contribution >= 0.6 is 22.6 Å². The van der Waals surface area contributed by atoms with Crippen molar-refractivity contribution in [1.82, 2.24) is 14.7 Å². The topological polar surface area (TPSA) is 47.1 Å². The molecule has 0 aromatic carbocycles. The van der Waals surface area contributed by atoms with Crippen LogP contribution in [0.2, 0.25) is 0 Å². The molecule has 2 N–H and O–H groups in total. The molecule has 1 aliphatic heterocycles. The van der Waals surface area contributed by atoms with Crippen LogP contribution in [0.5, 0.6) is 0 Å². The molecule has 1 saturated carbocycles. The van der Waals surface area contributed by atoms with E-state index in [4.69, 9.17) is 5.73 Å². The average molecular weight is 346 g/mol. The van der Waals surface area contributed by atoms with Crippen LogP contribution in [-0.4, -0.2) is 33.3 Å². The molecule has 2 heterocycles. The van der Waals surface area contributed by atoms with E-state index in [1.807, 2.05) is 6.92 Å². The normalized spacial score (nSPS) is 30.1. The lowest BCUT2D eigenvalue weighted by atomic mass is 10.2. The number of aryl methyl sites for hydroxylation is 1. The molecule has 1 aliphatic carbocycles. The molecule has 0 bridgehead atoms. The minimum absolute atomic E-state index is 0.466. The Morgan fingerprint density at radius 1 is 1.35 bits per heavy atom. The maximum Gasteiger partial charge on any atom is 0.135 e. The van der Waals surface area contributed by atoms with Crippen molar-refractivity contribution in [2.75, 3.05) is 12.3 Å². The fourth-order valence-corrected chi connectivity index (χ4v) is 3.30. The van der Waals surface area contributed by atoms with E-state index in [1.54, 1.807) is 0 Å². The van der Waals surface area contributed by atoms with Gasteiger partial charge in [0, 0.05) is 18.6 Å². The summed E-state index contributed by atoms with van der Waals surface area (Å²) in [5.41, 5.74) is 7.20. The van der Waals surface area contributed by atoms with Gasteiger partial charge >= 0.3 is 0 Å². The number of hydrogen-bond donors (Lipinski definition) is 1. The number of anilines is 1. The number of likely N-dealkylation sites (tertiary alicyclic amines) is 1. The van der Waals surface area contributed by atoms with E-state index in [2.05, 4.69) is 44.2 Å². The number of halogens is 1. The van der Waals surface area contributed by atoms with Gasteiger partial charge in [0.25, 0.3) is 0 Å². The van der Waals surface area contributed by atoms with Crippen LogP contribution in [0.15, 0.2) is 0 Å². The first-order valence-electron chi connectivity index (χ1n) is 6.33. The summed E-state index contributed by atoms with van der Waals surface area (Å²) < 4.78 is 3.16. The second kappa shape index (κ2) is 4.12. The molecule has 1 saturated heterocycles. The summed E-state index contributed by atoms with van der Waals surface area (Å²) in [4.78, 5) is 2.63. The lowest BCUT2D eigenvalue weighted by molar-refractivity contribution is 0.252. The van der Waals surface area contributed by atoms with E-state index in [0.717, 1.165) is 27.7 Å². The Morgan fingerprint density at radius 2 is 2.06 bits per heavy atom. The zero-order valence-electron chi connectivity index (χ0n) is 10.4. The second-order valence-corrected chi connectivity index (χ2v) is 6.47. The smallest absolute Gasteiger partial charge is 0.135 e. The standard InChI is InChI=1S/C12H19IN4/c1-7-5-10(6-16(7)9-3-4-9)17-12(14)11(13)8(2)15-17/h7,9-10H,3-6,14H2,1-2H3. The van der Waals surface area contributed by atoms with E-state index in [9.17, 15) is 0 Å². The summed E-state index contributed by atoms with van der Waals surface area (Å²) in [6, 6.07) is 1.98. The molecule has 17 heavy (non-hydrogen) atoms. The van der Waals surface area contributed by atoms with Crippen molar-refractivity contribution in [2.45, 2.75) is 51.2 Å². The first kappa shape index (κ1) is 11.8. The predicted octanol–water partition coefficient (Wildman–Crippen LogP) is 2.18. The molecule has 2 atom stereocenters. The van der Waals surface area contributed by atoms with Crippen molar-refractivity contribution < 1.29 is 0 Å². The third-order valence-electron chi connectivity index (χ3n) is 4.01. The molecule has 0 amide bonds. The number of nitrogen functional groups attached to an aromatic ring is 1. The highest BCUT2D eigenvalue weighted by atomic mass is 127. The van der Waals surface area contributed by atoms with Crippen LogP contribution in [0, 0.1) is 10.5 Å². The Morgan fingerprint density at radius 3 is 2.59 bits per heavy atom. The van der Waals surface area contributed by atoms with Crippen LogP contribution in [-0.2, 0) is 0 Å². The quantitative estimate of drug-likeness (QED) is 0.835. The molecular weight excluding hydrogens is 327 g/mol. The van der Waals surface area contributed by atoms with Crippen molar-refractivity contribution in [3.05, 3.63) is 9.26 Å². The van der Waals surface area contributed by atoms with E-state index >= 15 is 0 Å². The van der Waals surface area contributed by atoms with Crippen molar-refractivity contribution >= 4 is 28.4 Å². The van der Waals surface area contributed by atoms with E-state index in [-0.39, 0.29) is 0 Å². The summed E-state index contributed by atoms with van der Waals surface area (Å²) >= 11 is 2.29. The van der Waals surface area contributed by atoms with E-state index in [0.29, 0.717) is 12.1 Å². The first-order valence-corrected chi connectivity index (χ1v) is 7.41. The fourth-order valence-electron chi connectivity index (χ4n) is 2.94. The van der Waals surface area contributed by atoms with Crippen LogP contribution in [0.4, 0.5) is 5.82 Å². The zero-order chi connectivity index (χ0) is 12.2. The van der Waals surface area contributed by atoms with Gasteiger partial charge in [0.15, 0.2) is 0 Å². The molecule has 2 aliphatic rings. The lowest BCUT2D eigenvalue weighted by Crippen LogP contribution is -2.29. The Kier molecular flexibility index (Phi) is 2.85. The van der Waals surface area contributed by atoms with Gasteiger partial charge in [-0.15, -0.1) is 0 Å². The molecular formula is C12H19IN4. The van der Waals surface area contributed by atoms with Crippen LogP contribution in [0.25, 0.3) is 0 Å². The van der Waals surface area contributed by atoms with Gasteiger partial charge in [-0.1, -0.05) is 0 Å². The second-order valence-electron chi connectivity index (χ2n) is 5.40. The first-order chi connectivity index (χ1) is 8.08. The molecule has 3 rings (SSSR count). The Labute approximate surface area is 116 Å². The number of nitrogens with two attached hydrogens (primary N) is 1. The highest BCUT2D eigenvalue weighted by molar-refractivity contribution is 14.1. The van der Waals surface area contributed by atoms with Gasteiger partial charge in [0.05, 0.1) is 15.3 Å². The van der Waals surface area contributed by atoms with Crippen molar-refractivity contribution in [3.63, 3.8) is 0 Å². The largest absolute Gasteiger partial charge is 0.383 e. The molecule has 1 aromatic heterocycles. The predicted molar refractivity (Wildman–Crippen MR) is 76.9 cm³/mol. The molecule has 2 unspecified atom stereocenters. The SMILES string of the molecule is Cc1nn(C2CC(C)N(C3CC3)C2)c(N)c1I. The van der Waals surface area contributed by atoms with Gasteiger partial charge in [-0.25, -0.2) is 4.68 Å². The molecule has 2 fully saturated rings. The van der Waals surface area contributed by atoms with Crippen LogP contribution < -0.4 is 5.73 Å². The van der Waals surface area contributed by atoms with Crippen molar-refractivity contribution in [3.8, 4) is 0 Å². The van der Waals surface area contributed by atoms with Gasteiger partial charge in [-0.3, -0.25) is 4.90 Å². The van der Waals surface area contributed by atoms with Gasteiger partial charge in [0.1, 0.15) is 5.82 Å². The molecule has 4 nitrogen and oxygen atoms in total. The maximum absolute atomic E-state index is 6.14. The van der Waals surface area contributed by atoms with Crippen molar-refractivity contribution in [1.29, 1.82) is 0 Å². The highest BCUT2D eigenvalue weighted by Gasteiger charge is 2.40. The molecule has 0 radical (unpaired) electrons. The molecule has 0 spiro atoms. The molecule has 5 heteroatoms. The minimum Gasteiger partial charge on any atom is -0.383 e. The molecule has 1 aromatic rings. The lowest BCUT2D eigenvalue weighted by Gasteiger charge is -2.19. The fraction of sp³-hybridized carbons (Fsp3) is 0.750. The Hall–Kier alpha value is -0.300. The highest BCUT2D eigenvalue weighted by Crippen LogP contribution is 2.38. The summed E-state index contributed by atoms with van der Waals surface area (Å²) in [5, 5.41) is 4.60. The minimum atomic E-state index is 0.466. The summed E-state index contributed by atoms with van der Waals surface area (Å²) in [6.07, 6.45) is 3.93. The number of hydrogen-bond acceptors (Lipinski definition) is 3. The Bertz CT molecular complexity index is 438. The number of nitrogens with zero attached hydrogens (tertiary/aromatic N) is 3. The summed E-state index contributed by atoms with van der Waals surface area (Å²) in [7, 11) is 0. The van der Waals surface area contributed by atoms with Gasteiger partial charge in [-0.05, 0) is 55.7 Å². The Balaban J connectivity index is 1.83. The third-order valence-corrected chi connectivity index (χ3v) is 5.34. The van der Waals surface area contributed by atoms with E-state index < -0.39 is 0 Å². The summed E-state index contributed by atoms with van der Waals surface area (Å²) in [5.74, 6) is 0.845. The van der Waals surface area contributed by atoms with Crippen LogP contribution in [0.3, 0.4) is 0 Å². The summed E-state index contributed by atoms with van der Waals surface area (Å²) in [6.45, 7) is 5.48. The van der Waals surface area contributed by atoms with Crippen LogP contribution in [0.1, 0.15) is 37.9 Å². The van der Waals surface area contributed by atoms with Gasteiger partial charge in [-0.2, -0.15) is 5.10 Å². The monoisotopic (exact) mass is 346 g/mol. The van der Waals surface area contributed by atoms with E-state index in [1.165, 1.54) is 19.3 Å². The third kappa shape index (κ3) is 1.97. The average Bonchev–Trinajstić information content (AvgIpc) is 3.02. The van der Waals surface area contributed by atoms with Gasteiger partial charge in [0.2, 0.25) is 0 Å².